The minimum atomic E-state index is -4.79. The largest absolute Gasteiger partial charge is 0.573 e. The Labute approximate surface area is 146 Å². The molecule has 0 N–H and O–H groups in total. The Balaban J connectivity index is 1.76. The Morgan fingerprint density at radius 3 is 2.46 bits per heavy atom. The van der Waals surface area contributed by atoms with Gasteiger partial charge < -0.3 is 9.64 Å². The first kappa shape index (κ1) is 18.2. The zero-order valence-corrected chi connectivity index (χ0v) is 13.4. The van der Waals surface area contributed by atoms with Gasteiger partial charge in [-0.3, -0.25) is 4.79 Å². The van der Waals surface area contributed by atoms with Gasteiger partial charge in [0, 0.05) is 18.2 Å². The molecule has 0 saturated carbocycles. The van der Waals surface area contributed by atoms with Gasteiger partial charge in [-0.15, -0.1) is 13.2 Å². The summed E-state index contributed by atoms with van der Waals surface area (Å²) in [6.45, 7) is 0.323. The molecule has 1 heterocycles. The number of carbonyl (C=O) groups is 1. The summed E-state index contributed by atoms with van der Waals surface area (Å²) in [4.78, 5) is 13.8. The van der Waals surface area contributed by atoms with Crippen LogP contribution in [0.2, 0.25) is 0 Å². The third kappa shape index (κ3) is 4.12. The maximum Gasteiger partial charge on any atom is 0.573 e. The highest BCUT2D eigenvalue weighted by Crippen LogP contribution is 2.31. The highest BCUT2D eigenvalue weighted by atomic mass is 19.4. The summed E-state index contributed by atoms with van der Waals surface area (Å²) in [5, 5.41) is 0. The Morgan fingerprint density at radius 2 is 1.81 bits per heavy atom. The van der Waals surface area contributed by atoms with Crippen molar-refractivity contribution in [3.8, 4) is 5.75 Å². The van der Waals surface area contributed by atoms with Crippen LogP contribution < -0.4 is 9.64 Å². The molecule has 0 aromatic heterocycles. The molecule has 0 radical (unpaired) electrons. The highest BCUT2D eigenvalue weighted by molar-refractivity contribution is 5.96. The number of benzene rings is 2. The van der Waals surface area contributed by atoms with Crippen LogP contribution in [-0.2, 0) is 17.6 Å². The van der Waals surface area contributed by atoms with Gasteiger partial charge in [-0.25, -0.2) is 8.78 Å². The number of ether oxygens (including phenoxy) is 1. The number of carbonyl (C=O) groups excluding carboxylic acids is 1. The Bertz CT molecular complexity index is 818. The van der Waals surface area contributed by atoms with Crippen molar-refractivity contribution in [2.24, 2.45) is 0 Å². The molecule has 1 amide bonds. The van der Waals surface area contributed by atoms with Crippen LogP contribution in [0.15, 0.2) is 36.4 Å². The Kier molecular flexibility index (Phi) is 4.84. The number of fused-ring (bicyclic) bond motifs is 1. The second kappa shape index (κ2) is 6.93. The van der Waals surface area contributed by atoms with Crippen LogP contribution >= 0.6 is 0 Å². The molecular weight excluding hydrogens is 357 g/mol. The van der Waals surface area contributed by atoms with E-state index in [0.717, 1.165) is 24.3 Å². The lowest BCUT2D eigenvalue weighted by Crippen LogP contribution is -2.37. The minimum Gasteiger partial charge on any atom is -0.406 e. The average Bonchev–Trinajstić information content (AvgIpc) is 2.54. The number of hydrogen-bond donors (Lipinski definition) is 0. The summed E-state index contributed by atoms with van der Waals surface area (Å²) in [7, 11) is 0. The van der Waals surface area contributed by atoms with Gasteiger partial charge in [0.05, 0.1) is 12.1 Å². The Morgan fingerprint density at radius 1 is 1.12 bits per heavy atom. The average molecular weight is 371 g/mol. The number of nitrogens with zero attached hydrogens (tertiary/aromatic N) is 1. The van der Waals surface area contributed by atoms with E-state index < -0.39 is 18.0 Å². The lowest BCUT2D eigenvalue weighted by molar-refractivity contribution is -0.274. The van der Waals surface area contributed by atoms with Gasteiger partial charge in [-0.1, -0.05) is 12.1 Å². The lowest BCUT2D eigenvalue weighted by Gasteiger charge is -2.30. The number of anilines is 1. The molecule has 0 unspecified atom stereocenters. The van der Waals surface area contributed by atoms with Crippen LogP contribution in [-0.4, -0.2) is 18.8 Å². The molecule has 8 heteroatoms. The van der Waals surface area contributed by atoms with E-state index in [1.807, 2.05) is 0 Å². The van der Waals surface area contributed by atoms with E-state index >= 15 is 0 Å². The molecule has 2 aromatic carbocycles. The van der Waals surface area contributed by atoms with Crippen molar-refractivity contribution in [2.75, 3.05) is 11.4 Å². The molecule has 0 spiro atoms. The van der Waals surface area contributed by atoms with Gasteiger partial charge in [-0.2, -0.15) is 0 Å². The number of halogens is 5. The lowest BCUT2D eigenvalue weighted by atomic mass is 10.00. The monoisotopic (exact) mass is 371 g/mol. The SMILES string of the molecule is O=C(Cc1ccc(OC(F)(F)F)cc1)N1CCCc2c(F)cc(F)cc21. The number of amides is 1. The molecule has 0 bridgehead atoms. The van der Waals surface area contributed by atoms with Crippen molar-refractivity contribution >= 4 is 11.6 Å². The summed E-state index contributed by atoms with van der Waals surface area (Å²) in [6.07, 6.45) is -3.94. The fourth-order valence-corrected chi connectivity index (χ4v) is 2.95. The molecule has 3 rings (SSSR count). The quantitative estimate of drug-likeness (QED) is 0.750. The van der Waals surface area contributed by atoms with Crippen LogP contribution in [0.5, 0.6) is 5.75 Å². The molecule has 26 heavy (non-hydrogen) atoms. The van der Waals surface area contributed by atoms with Crippen LogP contribution in [0.4, 0.5) is 27.6 Å². The molecule has 0 atom stereocenters. The van der Waals surface area contributed by atoms with Crippen molar-refractivity contribution < 1.29 is 31.5 Å². The molecular formula is C18H14F5NO2. The van der Waals surface area contributed by atoms with Crippen molar-refractivity contribution in [3.63, 3.8) is 0 Å². The molecule has 1 aliphatic heterocycles. The van der Waals surface area contributed by atoms with Crippen LogP contribution in [0.25, 0.3) is 0 Å². The number of rotatable bonds is 3. The molecule has 2 aromatic rings. The van der Waals surface area contributed by atoms with E-state index in [0.29, 0.717) is 30.5 Å². The van der Waals surface area contributed by atoms with Gasteiger partial charge in [0.15, 0.2) is 0 Å². The minimum absolute atomic E-state index is 0.107. The molecule has 0 saturated heterocycles. The van der Waals surface area contributed by atoms with Crippen LogP contribution in [0.1, 0.15) is 17.5 Å². The first-order chi connectivity index (χ1) is 12.2. The van der Waals surface area contributed by atoms with E-state index in [2.05, 4.69) is 4.74 Å². The fourth-order valence-electron chi connectivity index (χ4n) is 2.95. The highest BCUT2D eigenvalue weighted by Gasteiger charge is 2.31. The maximum absolute atomic E-state index is 13.9. The Hall–Kier alpha value is -2.64. The normalized spacial score (nSPS) is 14.1. The summed E-state index contributed by atoms with van der Waals surface area (Å²) < 4.78 is 67.6. The number of hydrogen-bond acceptors (Lipinski definition) is 2. The van der Waals surface area contributed by atoms with Crippen molar-refractivity contribution in [1.82, 2.24) is 0 Å². The third-order valence-corrected chi connectivity index (χ3v) is 4.05. The van der Waals surface area contributed by atoms with Crippen molar-refractivity contribution in [2.45, 2.75) is 25.6 Å². The first-order valence-corrected chi connectivity index (χ1v) is 7.86. The molecule has 1 aliphatic rings. The van der Waals surface area contributed by atoms with Crippen LogP contribution in [0.3, 0.4) is 0 Å². The van der Waals surface area contributed by atoms with Gasteiger partial charge in [0.2, 0.25) is 5.91 Å². The summed E-state index contributed by atoms with van der Waals surface area (Å²) in [5.41, 5.74) is 0.962. The topological polar surface area (TPSA) is 29.5 Å². The fraction of sp³-hybridized carbons (Fsp3) is 0.278. The van der Waals surface area contributed by atoms with Gasteiger partial charge in [0.25, 0.3) is 0 Å². The van der Waals surface area contributed by atoms with Gasteiger partial charge in [-0.05, 0) is 36.6 Å². The zero-order valence-electron chi connectivity index (χ0n) is 13.4. The summed E-state index contributed by atoms with van der Waals surface area (Å²) >= 11 is 0. The van der Waals surface area contributed by atoms with E-state index in [4.69, 9.17) is 0 Å². The van der Waals surface area contributed by atoms with Crippen LogP contribution in [0, 0.1) is 11.6 Å². The molecule has 138 valence electrons. The van der Waals surface area contributed by atoms with E-state index in [-0.39, 0.29) is 23.8 Å². The van der Waals surface area contributed by atoms with E-state index in [1.165, 1.54) is 17.0 Å². The smallest absolute Gasteiger partial charge is 0.406 e. The maximum atomic E-state index is 13.9. The van der Waals surface area contributed by atoms with Crippen molar-refractivity contribution in [3.05, 3.63) is 59.2 Å². The third-order valence-electron chi connectivity index (χ3n) is 4.05. The van der Waals surface area contributed by atoms with E-state index in [9.17, 15) is 26.7 Å². The number of alkyl halides is 3. The zero-order chi connectivity index (χ0) is 18.9. The molecule has 0 fully saturated rings. The second-order valence-electron chi connectivity index (χ2n) is 5.90. The molecule has 0 aliphatic carbocycles. The predicted molar refractivity (Wildman–Crippen MR) is 83.9 cm³/mol. The van der Waals surface area contributed by atoms with Gasteiger partial charge in [0.1, 0.15) is 17.4 Å². The van der Waals surface area contributed by atoms with E-state index in [1.54, 1.807) is 0 Å². The molecule has 3 nitrogen and oxygen atoms in total. The predicted octanol–water partition coefficient (Wildman–Crippen LogP) is 4.39. The van der Waals surface area contributed by atoms with Crippen molar-refractivity contribution in [1.29, 1.82) is 0 Å². The first-order valence-electron chi connectivity index (χ1n) is 7.86. The second-order valence-corrected chi connectivity index (χ2v) is 5.90. The standard InChI is InChI=1S/C18H14F5NO2/c19-12-9-15(20)14-2-1-7-24(16(14)10-12)17(25)8-11-3-5-13(6-4-11)26-18(21,22)23/h3-6,9-10H,1-2,7-8H2. The summed E-state index contributed by atoms with van der Waals surface area (Å²) in [6, 6.07) is 6.81. The van der Waals surface area contributed by atoms with Gasteiger partial charge >= 0.3 is 6.36 Å². The summed E-state index contributed by atoms with van der Waals surface area (Å²) in [5.74, 6) is -2.23.